The molecule has 7 heteroatoms. The van der Waals surface area contributed by atoms with Gasteiger partial charge in [-0.25, -0.2) is 9.97 Å². The van der Waals surface area contributed by atoms with Crippen LogP contribution in [0, 0.1) is 7.43 Å². The van der Waals surface area contributed by atoms with Gasteiger partial charge in [-0.05, 0) is 43.2 Å². The van der Waals surface area contributed by atoms with Crippen molar-refractivity contribution < 1.29 is 34.7 Å². The molecule has 5 rings (SSSR count). The smallest absolute Gasteiger partial charge is 0.507 e. The van der Waals surface area contributed by atoms with Gasteiger partial charge in [0.2, 0.25) is 0 Å². The van der Waals surface area contributed by atoms with E-state index >= 15 is 0 Å². The molecule has 0 radical (unpaired) electrons. The second-order valence-electron chi connectivity index (χ2n) is 7.54. The summed E-state index contributed by atoms with van der Waals surface area (Å²) in [4.78, 5) is 11.8. The number of fused-ring (bicyclic) bond motifs is 2. The Kier molecular flexibility index (Phi) is 8.86. The predicted molar refractivity (Wildman–Crippen MR) is 125 cm³/mol. The van der Waals surface area contributed by atoms with Crippen LogP contribution in [0.4, 0.5) is 5.82 Å². The van der Waals surface area contributed by atoms with Crippen LogP contribution in [-0.4, -0.2) is 37.9 Å². The zero-order valence-corrected chi connectivity index (χ0v) is 21.3. The number of nitrogens with zero attached hydrogens (tertiary/aromatic N) is 5. The van der Waals surface area contributed by atoms with Crippen LogP contribution >= 0.6 is 0 Å². The third kappa shape index (κ3) is 5.37. The molecule has 31 heavy (non-hydrogen) atoms. The van der Waals surface area contributed by atoms with Crippen molar-refractivity contribution in [1.29, 1.82) is 0 Å². The van der Waals surface area contributed by atoms with Crippen LogP contribution in [0.1, 0.15) is 33.1 Å². The molecule has 0 spiro atoms. The molecule has 1 fully saturated rings. The molecule has 1 saturated heterocycles. The number of benzene rings is 1. The van der Waals surface area contributed by atoms with E-state index in [1.807, 2.05) is 43.6 Å². The van der Waals surface area contributed by atoms with Crippen molar-refractivity contribution in [3.05, 3.63) is 50.0 Å². The van der Waals surface area contributed by atoms with Crippen LogP contribution in [0.3, 0.4) is 0 Å². The van der Waals surface area contributed by atoms with E-state index in [0.29, 0.717) is 5.56 Å². The zero-order valence-electron chi connectivity index (χ0n) is 19.3. The number of aryl methyl sites for hydroxylation is 1. The summed E-state index contributed by atoms with van der Waals surface area (Å²) in [6.07, 6.45) is 5.64. The first-order chi connectivity index (χ1) is 14.1. The molecule has 4 heterocycles. The number of aromatic hydroxyl groups is 1. The van der Waals surface area contributed by atoms with Gasteiger partial charge in [0.15, 0.2) is 0 Å². The summed E-state index contributed by atoms with van der Waals surface area (Å²) in [5, 5.41) is 15.7. The fourth-order valence-electron chi connectivity index (χ4n) is 3.66. The summed E-state index contributed by atoms with van der Waals surface area (Å²) < 4.78 is 1.74. The second kappa shape index (κ2) is 10.9. The fourth-order valence-corrected chi connectivity index (χ4v) is 3.66. The minimum atomic E-state index is 0. The number of anilines is 1. The maximum Gasteiger partial charge on any atom is 1.00 e. The van der Waals surface area contributed by atoms with Crippen molar-refractivity contribution in [3.8, 4) is 17.0 Å². The summed E-state index contributed by atoms with van der Waals surface area (Å²) in [6.45, 7) is 6.39. The van der Waals surface area contributed by atoms with Gasteiger partial charge in [-0.15, -0.1) is 0 Å². The van der Waals surface area contributed by atoms with Gasteiger partial charge < -0.3 is 17.4 Å². The minimum absolute atomic E-state index is 0. The number of pyridine rings is 2. The summed E-state index contributed by atoms with van der Waals surface area (Å²) in [6, 6.07) is 11.6. The van der Waals surface area contributed by atoms with Gasteiger partial charge in [-0.1, -0.05) is 20.3 Å². The molecule has 4 aromatic rings. The van der Waals surface area contributed by atoms with Crippen molar-refractivity contribution in [3.63, 3.8) is 0 Å². The van der Waals surface area contributed by atoms with Crippen LogP contribution < -0.4 is 34.5 Å². The topological polar surface area (TPSA) is 67.1 Å². The number of phenolic OH excluding ortho intramolecular Hbond substituents is 1. The second-order valence-corrected chi connectivity index (χ2v) is 7.54. The molecular weight excluding hydrogens is 397 g/mol. The number of hydrogen-bond acceptors (Lipinski definition) is 5. The van der Waals surface area contributed by atoms with E-state index in [0.717, 1.165) is 46.5 Å². The van der Waals surface area contributed by atoms with E-state index < -0.39 is 0 Å². The third-order valence-corrected chi connectivity index (χ3v) is 4.97. The van der Waals surface area contributed by atoms with Gasteiger partial charge >= 0.3 is 29.6 Å². The van der Waals surface area contributed by atoms with Crippen LogP contribution in [-0.2, 0) is 7.05 Å². The average Bonchev–Trinajstić information content (AvgIpc) is 3.36. The first-order valence-corrected chi connectivity index (χ1v) is 10.3. The molecule has 6 nitrogen and oxygen atoms in total. The molecule has 0 aliphatic carbocycles. The van der Waals surface area contributed by atoms with Crippen LogP contribution in [0.15, 0.2) is 42.6 Å². The number of hydrogen-bond donors (Lipinski definition) is 1. The summed E-state index contributed by atoms with van der Waals surface area (Å²) in [5.41, 5.74) is 3.91. The van der Waals surface area contributed by atoms with Gasteiger partial charge in [-0.2, -0.15) is 5.10 Å². The van der Waals surface area contributed by atoms with Gasteiger partial charge in [0.1, 0.15) is 11.6 Å². The molecule has 158 valence electrons. The van der Waals surface area contributed by atoms with E-state index in [2.05, 4.69) is 23.8 Å². The summed E-state index contributed by atoms with van der Waals surface area (Å²) >= 11 is 0. The van der Waals surface area contributed by atoms with Gasteiger partial charge in [0.25, 0.3) is 0 Å². The molecule has 0 amide bonds. The maximum absolute atomic E-state index is 10.4. The Labute approximate surface area is 206 Å². The molecule has 1 N–H and O–H groups in total. The van der Waals surface area contributed by atoms with Gasteiger partial charge in [0.05, 0.1) is 22.2 Å². The zero-order chi connectivity index (χ0) is 20.4. The minimum Gasteiger partial charge on any atom is -0.507 e. The molecular formula is C24H30N5NaO. The molecule has 1 aliphatic heterocycles. The van der Waals surface area contributed by atoms with E-state index in [1.54, 1.807) is 10.7 Å². The largest absolute Gasteiger partial charge is 1.00 e. The van der Waals surface area contributed by atoms with E-state index in [9.17, 15) is 5.11 Å². The van der Waals surface area contributed by atoms with E-state index in [1.165, 1.54) is 19.3 Å². The van der Waals surface area contributed by atoms with Crippen molar-refractivity contribution >= 4 is 27.8 Å². The molecule has 0 atom stereocenters. The van der Waals surface area contributed by atoms with Crippen LogP contribution in [0.25, 0.3) is 33.2 Å². The monoisotopic (exact) mass is 427 g/mol. The van der Waals surface area contributed by atoms with Gasteiger partial charge in [-0.3, -0.25) is 4.68 Å². The maximum atomic E-state index is 10.4. The summed E-state index contributed by atoms with van der Waals surface area (Å²) in [7, 11) is 1.87. The molecule has 1 aliphatic rings. The SMILES string of the molecule is CCC.Cn1cc2cc(-c3ccc4nc(N5CCCC5)ccc4n3)c(O)cc2n1.[CH3-].[Na+]. The standard InChI is InChI=1S/C20H19N5O.C3H8.CH3.Na/c1-24-12-13-10-14(19(26)11-18(13)23-24)15-4-5-17-16(21-15)6-7-20(22-17)25-8-2-3-9-25;1-3-2;;/h4-7,10-12,26H,2-3,8-9H2,1H3;3H2,1-2H3;1H3;/q;;-1;+1. The Morgan fingerprint density at radius 2 is 1.58 bits per heavy atom. The Morgan fingerprint density at radius 3 is 2.29 bits per heavy atom. The third-order valence-electron chi connectivity index (χ3n) is 4.97. The molecule has 3 aromatic heterocycles. The Bertz CT molecular complexity index is 1150. The van der Waals surface area contributed by atoms with Crippen molar-refractivity contribution in [1.82, 2.24) is 19.7 Å². The number of rotatable bonds is 2. The van der Waals surface area contributed by atoms with E-state index in [-0.39, 0.29) is 42.7 Å². The molecule has 0 unspecified atom stereocenters. The van der Waals surface area contributed by atoms with Crippen molar-refractivity contribution in [2.45, 2.75) is 33.1 Å². The quantitative estimate of drug-likeness (QED) is 0.393. The van der Waals surface area contributed by atoms with Crippen LogP contribution in [0.2, 0.25) is 0 Å². The Morgan fingerprint density at radius 1 is 0.935 bits per heavy atom. The number of phenols is 1. The van der Waals surface area contributed by atoms with Crippen molar-refractivity contribution in [2.24, 2.45) is 7.05 Å². The number of aromatic nitrogens is 4. The van der Waals surface area contributed by atoms with E-state index in [4.69, 9.17) is 9.97 Å². The first kappa shape index (κ1) is 25.1. The summed E-state index contributed by atoms with van der Waals surface area (Å²) in [5.74, 6) is 1.20. The average molecular weight is 428 g/mol. The molecule has 0 saturated carbocycles. The molecule has 1 aromatic carbocycles. The van der Waals surface area contributed by atoms with Crippen LogP contribution in [0.5, 0.6) is 5.75 Å². The Hall–Kier alpha value is -2.15. The normalized spacial score (nSPS) is 12.8. The van der Waals surface area contributed by atoms with Crippen molar-refractivity contribution in [2.75, 3.05) is 18.0 Å². The molecule has 0 bridgehead atoms. The fraction of sp³-hybridized carbons (Fsp3) is 0.333. The first-order valence-electron chi connectivity index (χ1n) is 10.3. The predicted octanol–water partition coefficient (Wildman–Crippen LogP) is 2.36. The van der Waals surface area contributed by atoms with Gasteiger partial charge in [0, 0.05) is 43.4 Å². The Balaban J connectivity index is 0.000000648.